The fraction of sp³-hybridized carbons (Fsp3) is 0.462. The lowest BCUT2D eigenvalue weighted by atomic mass is 9.98. The zero-order valence-corrected chi connectivity index (χ0v) is 20.8. The van der Waals surface area contributed by atoms with Crippen molar-refractivity contribution < 1.29 is 69.6 Å². The average molecular weight is 568 g/mol. The minimum absolute atomic E-state index is 0.00739. The molecule has 10 N–H and O–H groups in total. The van der Waals surface area contributed by atoms with Crippen molar-refractivity contribution in [1.29, 1.82) is 0 Å². The van der Waals surface area contributed by atoms with E-state index in [0.717, 1.165) is 6.07 Å². The zero-order chi connectivity index (χ0) is 28.7. The predicted octanol–water partition coefficient (Wildman–Crippen LogP) is -1.58. The van der Waals surface area contributed by atoms with Crippen LogP contribution in [0.3, 0.4) is 0 Å². The highest BCUT2D eigenvalue weighted by molar-refractivity contribution is 5.69. The topological polar surface area (TPSA) is 232 Å². The third kappa shape index (κ3) is 5.41. The van der Waals surface area contributed by atoms with Crippen LogP contribution in [0.15, 0.2) is 42.2 Å². The van der Waals surface area contributed by atoms with E-state index >= 15 is 0 Å². The van der Waals surface area contributed by atoms with Gasteiger partial charge in [-0.1, -0.05) is 0 Å². The number of aliphatic hydroxyl groups is 7. The minimum Gasteiger partial charge on any atom is -0.571 e. The van der Waals surface area contributed by atoms with Gasteiger partial charge in [0.25, 0.3) is 11.9 Å². The summed E-state index contributed by atoms with van der Waals surface area (Å²) < 4.78 is 27.4. The largest absolute Gasteiger partial charge is 0.571 e. The summed E-state index contributed by atoms with van der Waals surface area (Å²) in [6.45, 7) is -1.10. The van der Waals surface area contributed by atoms with Crippen LogP contribution in [0.25, 0.3) is 6.08 Å². The van der Waals surface area contributed by atoms with E-state index in [9.17, 15) is 46.0 Å². The predicted molar refractivity (Wildman–Crippen MR) is 132 cm³/mol. The Labute approximate surface area is 227 Å². The van der Waals surface area contributed by atoms with E-state index in [4.69, 9.17) is 18.9 Å². The second kappa shape index (κ2) is 11.4. The molecule has 2 fully saturated rings. The van der Waals surface area contributed by atoms with Gasteiger partial charge in [-0.15, -0.1) is 0 Å². The fourth-order valence-corrected chi connectivity index (χ4v) is 4.76. The van der Waals surface area contributed by atoms with Crippen LogP contribution in [0.4, 0.5) is 0 Å². The first-order chi connectivity index (χ1) is 19.1. The van der Waals surface area contributed by atoms with Crippen LogP contribution >= 0.6 is 0 Å². The van der Waals surface area contributed by atoms with Crippen molar-refractivity contribution >= 4 is 6.08 Å². The molecule has 0 aromatic heterocycles. The molecule has 0 saturated carbocycles. The number of benzene rings is 2. The quantitative estimate of drug-likeness (QED) is 0.180. The Kier molecular flexibility index (Phi) is 8.05. The lowest BCUT2D eigenvalue weighted by molar-refractivity contribution is -0.353. The van der Waals surface area contributed by atoms with Crippen LogP contribution in [0.2, 0.25) is 0 Å². The Bertz CT molecular complexity index is 1220. The summed E-state index contributed by atoms with van der Waals surface area (Å²) in [5.41, 5.74) is 0.715. The monoisotopic (exact) mass is 567 g/mol. The highest BCUT2D eigenvalue weighted by Gasteiger charge is 2.51. The second-order valence-electron chi connectivity index (χ2n) is 9.74. The third-order valence-corrected chi connectivity index (χ3v) is 6.98. The lowest BCUT2D eigenvalue weighted by Crippen LogP contribution is -2.63. The Hall–Kier alpha value is -3.18. The first-order valence-corrected chi connectivity index (χ1v) is 12.4. The van der Waals surface area contributed by atoms with Gasteiger partial charge in [-0.05, 0) is 24.3 Å². The van der Waals surface area contributed by atoms with Crippen molar-refractivity contribution in [3.63, 3.8) is 0 Å². The average Bonchev–Trinajstić information content (AvgIpc) is 2.93. The molecule has 3 heterocycles. The lowest BCUT2D eigenvalue weighted by Gasteiger charge is -2.45. The van der Waals surface area contributed by atoms with E-state index in [2.05, 4.69) is 4.74 Å². The highest BCUT2D eigenvalue weighted by Crippen LogP contribution is 2.45. The van der Waals surface area contributed by atoms with Crippen LogP contribution in [0.1, 0.15) is 17.2 Å². The molecule has 0 amide bonds. The van der Waals surface area contributed by atoms with Crippen molar-refractivity contribution in [3.8, 4) is 23.0 Å². The van der Waals surface area contributed by atoms with Crippen molar-refractivity contribution in [2.45, 2.75) is 61.4 Å². The number of aromatic hydroxyl groups is 4. The van der Waals surface area contributed by atoms with Crippen molar-refractivity contribution in [1.82, 2.24) is 0 Å². The van der Waals surface area contributed by atoms with Gasteiger partial charge in [0.1, 0.15) is 59.4 Å². The summed E-state index contributed by atoms with van der Waals surface area (Å²) in [6.07, 6.45) is -13.6. The summed E-state index contributed by atoms with van der Waals surface area (Å²) in [5.74, 6) is -0.259. The number of fused-ring (bicyclic) bond motifs is 1. The van der Waals surface area contributed by atoms with Gasteiger partial charge in [0.05, 0.1) is 24.8 Å². The van der Waals surface area contributed by atoms with Crippen LogP contribution in [0, 0.1) is 0 Å². The third-order valence-electron chi connectivity index (χ3n) is 6.98. The molecular formula is C26H31O14+. The van der Waals surface area contributed by atoms with E-state index in [-0.39, 0.29) is 34.3 Å². The standard InChI is InChI=1S/C26H30O14/c27-8-18-20(33)21(34)24(40-25-22(35)19(32)15(31)9-36-25)26(39-18)38-17-7-13-14(30)5-12(29)6-16(13)37-23(17)10-1-3-11(28)4-2-10/h1-7,15,18-35H,8-9H2/p+1/t15-,18?,19?,20-,21?,22-,23?,24?,25+,26-/m1/s1. The molecular weight excluding hydrogens is 536 g/mol. The van der Waals surface area contributed by atoms with Gasteiger partial charge >= 0.3 is 0 Å². The molecule has 218 valence electrons. The number of rotatable bonds is 6. The molecule has 14 heteroatoms. The Morgan fingerprint density at radius 3 is 2.27 bits per heavy atom. The smallest absolute Gasteiger partial charge is 0.270 e. The van der Waals surface area contributed by atoms with E-state index in [1.165, 1.54) is 24.3 Å². The molecule has 5 rings (SSSR count). The summed E-state index contributed by atoms with van der Waals surface area (Å²) in [7, 11) is 0. The van der Waals surface area contributed by atoms with Gasteiger partial charge in [0, 0.05) is 12.1 Å². The molecule has 0 spiro atoms. The normalized spacial score (nSPS) is 35.8. The fourth-order valence-electron chi connectivity index (χ4n) is 4.76. The van der Waals surface area contributed by atoms with Gasteiger partial charge < -0.3 is 69.6 Å². The number of hydrogen-bond acceptors (Lipinski definition) is 13. The van der Waals surface area contributed by atoms with Gasteiger partial charge in [0.2, 0.25) is 6.29 Å². The van der Waals surface area contributed by atoms with E-state index < -0.39 is 74.6 Å². The van der Waals surface area contributed by atoms with Crippen molar-refractivity contribution in [2.24, 2.45) is 0 Å². The van der Waals surface area contributed by atoms with Crippen LogP contribution in [0.5, 0.6) is 23.0 Å². The van der Waals surface area contributed by atoms with Crippen LogP contribution in [-0.4, -0.2) is 119 Å². The van der Waals surface area contributed by atoms with Gasteiger partial charge in [-0.2, -0.15) is 0 Å². The van der Waals surface area contributed by atoms with Gasteiger partial charge in [-0.25, -0.2) is 0 Å². The molecule has 0 radical (unpaired) electrons. The maximum absolute atomic E-state index is 10.9. The summed E-state index contributed by atoms with van der Waals surface area (Å²) in [4.78, 5) is 0. The minimum atomic E-state index is -1.73. The van der Waals surface area contributed by atoms with Crippen LogP contribution in [-0.2, 0) is 18.9 Å². The first kappa shape index (κ1) is 28.4. The summed E-state index contributed by atoms with van der Waals surface area (Å²) in [6, 6.07) is 8.42. The van der Waals surface area contributed by atoms with Crippen molar-refractivity contribution in [2.75, 3.05) is 13.2 Å². The zero-order valence-electron chi connectivity index (χ0n) is 20.8. The summed E-state index contributed by atoms with van der Waals surface area (Å²) in [5, 5.41) is 91.4. The molecule has 40 heavy (non-hydrogen) atoms. The molecule has 3 aliphatic rings. The molecule has 5 unspecified atom stereocenters. The number of phenols is 3. The van der Waals surface area contributed by atoms with E-state index in [0.29, 0.717) is 5.56 Å². The highest BCUT2D eigenvalue weighted by atomic mass is 16.8. The van der Waals surface area contributed by atoms with Gasteiger partial charge in [-0.3, -0.25) is 0 Å². The first-order valence-electron chi connectivity index (χ1n) is 12.4. The van der Waals surface area contributed by atoms with Crippen molar-refractivity contribution in [3.05, 3.63) is 53.3 Å². The maximum Gasteiger partial charge on any atom is 0.270 e. The Morgan fingerprint density at radius 2 is 1.57 bits per heavy atom. The number of hydrogen-bond donors (Lipinski definition) is 9. The summed E-state index contributed by atoms with van der Waals surface area (Å²) >= 11 is 0. The molecule has 2 saturated heterocycles. The second-order valence-corrected chi connectivity index (χ2v) is 9.74. The SMILES string of the molecule is OCC1O[C@@H](OC2=Cc3c(O)cc(O)cc3[OH+]C2c2ccc(O)cc2)C(O[C@@H]2OC[C@@H](O)C(O)[C@H]2O)C(O)[C@@H]1O. The molecule has 3 aliphatic heterocycles. The number of phenolic OH excluding ortho intramolecular Hbond substituents is 3. The molecule has 10 atom stereocenters. The van der Waals surface area contributed by atoms with E-state index in [1.54, 1.807) is 12.1 Å². The number of ether oxygens (including phenoxy) is 5. The van der Waals surface area contributed by atoms with Crippen LogP contribution < -0.4 is 0 Å². The maximum atomic E-state index is 10.9. The Balaban J connectivity index is 1.50. The molecule has 2 aromatic carbocycles. The number of aliphatic hydroxyl groups excluding tert-OH is 6. The van der Waals surface area contributed by atoms with E-state index in [1.807, 2.05) is 0 Å². The Morgan fingerprint density at radius 1 is 0.850 bits per heavy atom. The molecule has 0 aliphatic carbocycles. The molecule has 0 bridgehead atoms. The van der Waals surface area contributed by atoms with Gasteiger partial charge in [0.15, 0.2) is 18.2 Å². The molecule has 2 aromatic rings. The molecule has 14 nitrogen and oxygen atoms in total.